The Hall–Kier alpha value is -3.15. The molecule has 0 fully saturated rings. The Balaban J connectivity index is 1.84. The number of benzene rings is 2. The minimum absolute atomic E-state index is 0.0303. The first-order valence-corrected chi connectivity index (χ1v) is 8.06. The minimum Gasteiger partial charge on any atom is -0.349 e. The van der Waals surface area contributed by atoms with Crippen molar-refractivity contribution in [3.63, 3.8) is 0 Å². The second kappa shape index (κ2) is 7.17. The minimum atomic E-state index is -0.441. The molecule has 0 radical (unpaired) electrons. The highest BCUT2D eigenvalue weighted by atomic mass is 16.2. The van der Waals surface area contributed by atoms with Crippen LogP contribution in [0.15, 0.2) is 54.6 Å². The van der Waals surface area contributed by atoms with E-state index in [-0.39, 0.29) is 30.7 Å². The molecule has 128 valence electrons. The van der Waals surface area contributed by atoms with Gasteiger partial charge in [0.25, 0.3) is 0 Å². The van der Waals surface area contributed by atoms with Gasteiger partial charge < -0.3 is 15.5 Å². The quantitative estimate of drug-likeness (QED) is 0.898. The summed E-state index contributed by atoms with van der Waals surface area (Å²) in [5.74, 6) is -0.661. The molecule has 2 N–H and O–H groups in total. The molecular weight excluding hydrogens is 318 g/mol. The number of hydrogen-bond acceptors (Lipinski definition) is 3. The van der Waals surface area contributed by atoms with Crippen molar-refractivity contribution in [2.45, 2.75) is 19.4 Å². The summed E-state index contributed by atoms with van der Waals surface area (Å²) in [7, 11) is 0. The maximum atomic E-state index is 12.9. The fraction of sp³-hybridized carbons (Fsp3) is 0.211. The number of nitrogens with zero attached hydrogens (tertiary/aromatic N) is 1. The van der Waals surface area contributed by atoms with Gasteiger partial charge in [0.2, 0.25) is 17.7 Å². The van der Waals surface area contributed by atoms with Crippen LogP contribution in [0.3, 0.4) is 0 Å². The van der Waals surface area contributed by atoms with Crippen LogP contribution in [0.5, 0.6) is 0 Å². The lowest BCUT2D eigenvalue weighted by Crippen LogP contribution is -2.43. The number of nitrogens with one attached hydrogen (secondary N) is 2. The standard InChI is InChI=1S/C19H19N3O3/c1-13(23)20-16(14-7-3-2-4-8-14)11-19(25)22-12-18(24)21-15-9-5-6-10-17(15)22/h2-10,16H,11-12H2,1H3,(H,20,23)(H,21,24)/t16-/m0/s1. The lowest BCUT2D eigenvalue weighted by Gasteiger charge is -2.30. The van der Waals surface area contributed by atoms with Gasteiger partial charge in [0.05, 0.1) is 23.8 Å². The third-order valence-corrected chi connectivity index (χ3v) is 4.03. The lowest BCUT2D eigenvalue weighted by atomic mass is 10.0. The first-order valence-electron chi connectivity index (χ1n) is 8.06. The van der Waals surface area contributed by atoms with E-state index in [0.717, 1.165) is 5.56 Å². The van der Waals surface area contributed by atoms with Gasteiger partial charge >= 0.3 is 0 Å². The SMILES string of the molecule is CC(=O)N[C@@H](CC(=O)N1CC(=O)Nc2ccccc21)c1ccccc1. The molecule has 3 amide bonds. The summed E-state index contributed by atoms with van der Waals surface area (Å²) in [6.45, 7) is 1.39. The largest absolute Gasteiger partial charge is 0.349 e. The van der Waals surface area contributed by atoms with E-state index >= 15 is 0 Å². The van der Waals surface area contributed by atoms with E-state index < -0.39 is 6.04 Å². The molecule has 1 aliphatic heterocycles. The molecule has 2 aromatic carbocycles. The smallest absolute Gasteiger partial charge is 0.244 e. The van der Waals surface area contributed by atoms with Crippen molar-refractivity contribution in [1.29, 1.82) is 0 Å². The molecule has 0 saturated carbocycles. The van der Waals surface area contributed by atoms with Gasteiger partial charge in [-0.2, -0.15) is 0 Å². The van der Waals surface area contributed by atoms with Crippen LogP contribution in [0.25, 0.3) is 0 Å². The zero-order valence-electron chi connectivity index (χ0n) is 13.9. The highest BCUT2D eigenvalue weighted by Gasteiger charge is 2.28. The fourth-order valence-corrected chi connectivity index (χ4v) is 2.92. The number of carbonyl (C=O) groups is 3. The zero-order valence-corrected chi connectivity index (χ0v) is 13.9. The molecule has 25 heavy (non-hydrogen) atoms. The number of para-hydroxylation sites is 2. The van der Waals surface area contributed by atoms with Gasteiger partial charge in [0.15, 0.2) is 0 Å². The fourth-order valence-electron chi connectivity index (χ4n) is 2.92. The van der Waals surface area contributed by atoms with Crippen LogP contribution in [0, 0.1) is 0 Å². The van der Waals surface area contributed by atoms with Crippen LogP contribution >= 0.6 is 0 Å². The van der Waals surface area contributed by atoms with E-state index in [1.807, 2.05) is 36.4 Å². The van der Waals surface area contributed by atoms with Crippen LogP contribution in [0.2, 0.25) is 0 Å². The molecule has 0 saturated heterocycles. The Kier molecular flexibility index (Phi) is 4.79. The maximum absolute atomic E-state index is 12.9. The van der Waals surface area contributed by atoms with Gasteiger partial charge in [-0.1, -0.05) is 42.5 Å². The molecule has 1 heterocycles. The monoisotopic (exact) mass is 337 g/mol. The van der Waals surface area contributed by atoms with Crippen LogP contribution in [0.1, 0.15) is 24.9 Å². The van der Waals surface area contributed by atoms with Crippen molar-refractivity contribution in [3.05, 3.63) is 60.2 Å². The molecule has 0 aromatic heterocycles. The van der Waals surface area contributed by atoms with E-state index in [9.17, 15) is 14.4 Å². The lowest BCUT2D eigenvalue weighted by molar-refractivity contribution is -0.123. The number of amides is 3. The molecule has 1 atom stereocenters. The summed E-state index contributed by atoms with van der Waals surface area (Å²) in [4.78, 5) is 37.8. The van der Waals surface area contributed by atoms with E-state index in [2.05, 4.69) is 10.6 Å². The molecule has 1 aliphatic rings. The van der Waals surface area contributed by atoms with Gasteiger partial charge in [-0.25, -0.2) is 0 Å². The van der Waals surface area contributed by atoms with E-state index in [4.69, 9.17) is 0 Å². The van der Waals surface area contributed by atoms with Gasteiger partial charge in [-0.3, -0.25) is 14.4 Å². The summed E-state index contributed by atoms with van der Waals surface area (Å²) in [5.41, 5.74) is 2.13. The second-order valence-electron chi connectivity index (χ2n) is 5.91. The molecule has 0 aliphatic carbocycles. The van der Waals surface area contributed by atoms with Crippen molar-refractivity contribution in [1.82, 2.24) is 5.32 Å². The number of fused-ring (bicyclic) bond motifs is 1. The molecule has 6 nitrogen and oxygen atoms in total. The van der Waals surface area contributed by atoms with Gasteiger partial charge in [-0.15, -0.1) is 0 Å². The van der Waals surface area contributed by atoms with Gasteiger partial charge in [0, 0.05) is 6.92 Å². The Bertz CT molecular complexity index is 805. The molecule has 6 heteroatoms. The van der Waals surface area contributed by atoms with Crippen molar-refractivity contribution in [2.24, 2.45) is 0 Å². The third-order valence-electron chi connectivity index (χ3n) is 4.03. The molecule has 0 spiro atoms. The third kappa shape index (κ3) is 3.85. The maximum Gasteiger partial charge on any atom is 0.244 e. The summed E-state index contributed by atoms with van der Waals surface area (Å²) >= 11 is 0. The average molecular weight is 337 g/mol. The molecule has 2 aromatic rings. The Labute approximate surface area is 145 Å². The van der Waals surface area contributed by atoms with E-state index in [1.54, 1.807) is 18.2 Å². The second-order valence-corrected chi connectivity index (χ2v) is 5.91. The molecular formula is C19H19N3O3. The highest BCUT2D eigenvalue weighted by molar-refractivity contribution is 6.10. The zero-order chi connectivity index (χ0) is 17.8. The van der Waals surface area contributed by atoms with Crippen molar-refractivity contribution < 1.29 is 14.4 Å². The molecule has 0 unspecified atom stereocenters. The summed E-state index contributed by atoms with van der Waals surface area (Å²) < 4.78 is 0. The first kappa shape index (κ1) is 16.7. The number of carbonyl (C=O) groups excluding carboxylic acids is 3. The van der Waals surface area contributed by atoms with Crippen molar-refractivity contribution in [2.75, 3.05) is 16.8 Å². The predicted octanol–water partition coefficient (Wildman–Crippen LogP) is 2.24. The number of anilines is 2. The summed E-state index contributed by atoms with van der Waals surface area (Å²) in [5, 5.41) is 5.57. The first-order chi connectivity index (χ1) is 12.0. The van der Waals surface area contributed by atoms with Crippen LogP contribution < -0.4 is 15.5 Å². The summed E-state index contributed by atoms with van der Waals surface area (Å²) in [6, 6.07) is 16.1. The highest BCUT2D eigenvalue weighted by Crippen LogP contribution is 2.30. The van der Waals surface area contributed by atoms with Crippen LogP contribution in [-0.4, -0.2) is 24.3 Å². The number of rotatable bonds is 4. The molecule has 3 rings (SSSR count). The normalized spacial score (nSPS) is 14.3. The summed E-state index contributed by atoms with van der Waals surface area (Å²) in [6.07, 6.45) is 0.0746. The van der Waals surface area contributed by atoms with Crippen molar-refractivity contribution >= 4 is 29.1 Å². The Morgan fingerprint density at radius 1 is 1.12 bits per heavy atom. The Morgan fingerprint density at radius 2 is 1.80 bits per heavy atom. The van der Waals surface area contributed by atoms with Crippen molar-refractivity contribution in [3.8, 4) is 0 Å². The predicted molar refractivity (Wildman–Crippen MR) is 95.0 cm³/mol. The topological polar surface area (TPSA) is 78.5 Å². The average Bonchev–Trinajstić information content (AvgIpc) is 2.60. The van der Waals surface area contributed by atoms with Crippen LogP contribution in [-0.2, 0) is 14.4 Å². The number of hydrogen-bond donors (Lipinski definition) is 2. The van der Waals surface area contributed by atoms with E-state index in [1.165, 1.54) is 11.8 Å². The van der Waals surface area contributed by atoms with Gasteiger partial charge in [0.1, 0.15) is 6.54 Å². The van der Waals surface area contributed by atoms with E-state index in [0.29, 0.717) is 11.4 Å². The van der Waals surface area contributed by atoms with Gasteiger partial charge in [-0.05, 0) is 17.7 Å². The Morgan fingerprint density at radius 3 is 2.52 bits per heavy atom. The van der Waals surface area contributed by atoms with Crippen LogP contribution in [0.4, 0.5) is 11.4 Å². The molecule has 0 bridgehead atoms.